The Kier molecular flexibility index (Phi) is 6.19. The van der Waals surface area contributed by atoms with Gasteiger partial charge in [-0.1, -0.05) is 30.3 Å². The van der Waals surface area contributed by atoms with Gasteiger partial charge in [0.1, 0.15) is 0 Å². The molecule has 2 saturated heterocycles. The number of hydrogen-bond donors (Lipinski definition) is 0. The Hall–Kier alpha value is -2.44. The number of anilines is 1. The van der Waals surface area contributed by atoms with Crippen LogP contribution in [0.1, 0.15) is 5.56 Å². The van der Waals surface area contributed by atoms with E-state index in [1.165, 1.54) is 11.3 Å². The largest absolute Gasteiger partial charge is 0.368 e. The molecule has 1 amide bonds. The van der Waals surface area contributed by atoms with Crippen LogP contribution in [0.15, 0.2) is 54.9 Å². The van der Waals surface area contributed by atoms with Gasteiger partial charge < -0.3 is 9.80 Å². The fraction of sp³-hybridized carbons (Fsp3) is 0.455. The lowest BCUT2D eigenvalue weighted by Crippen LogP contribution is -2.53. The van der Waals surface area contributed by atoms with E-state index in [1.807, 2.05) is 29.4 Å². The zero-order chi connectivity index (χ0) is 19.2. The Balaban J connectivity index is 1.19. The first kappa shape index (κ1) is 18.9. The summed E-state index contributed by atoms with van der Waals surface area (Å²) in [5.74, 6) is 0.269. The Morgan fingerprint density at radius 3 is 2.11 bits per heavy atom. The number of nitrogens with zero attached hydrogens (tertiary/aromatic N) is 5. The number of piperazine rings is 2. The third-order valence-electron chi connectivity index (χ3n) is 5.73. The van der Waals surface area contributed by atoms with Crippen LogP contribution in [0.5, 0.6) is 0 Å². The van der Waals surface area contributed by atoms with Crippen LogP contribution in [-0.2, 0) is 11.3 Å². The fourth-order valence-corrected chi connectivity index (χ4v) is 4.01. The van der Waals surface area contributed by atoms with Crippen LogP contribution in [0, 0.1) is 0 Å². The third kappa shape index (κ3) is 4.88. The zero-order valence-electron chi connectivity index (χ0n) is 16.4. The van der Waals surface area contributed by atoms with E-state index in [0.29, 0.717) is 6.54 Å². The normalized spacial score (nSPS) is 19.0. The van der Waals surface area contributed by atoms with E-state index in [0.717, 1.165) is 58.9 Å². The second-order valence-electron chi connectivity index (χ2n) is 7.61. The molecule has 4 rings (SSSR count). The predicted octanol–water partition coefficient (Wildman–Crippen LogP) is 1.55. The summed E-state index contributed by atoms with van der Waals surface area (Å²) in [6.07, 6.45) is 3.65. The van der Waals surface area contributed by atoms with Gasteiger partial charge in [0, 0.05) is 77.0 Å². The minimum Gasteiger partial charge on any atom is -0.368 e. The van der Waals surface area contributed by atoms with Crippen LogP contribution in [0.25, 0.3) is 0 Å². The molecule has 28 heavy (non-hydrogen) atoms. The number of carbonyl (C=O) groups is 1. The number of aromatic nitrogens is 1. The molecule has 3 heterocycles. The van der Waals surface area contributed by atoms with Gasteiger partial charge in [0.2, 0.25) is 5.91 Å². The van der Waals surface area contributed by atoms with Crippen molar-refractivity contribution in [3.05, 3.63) is 60.4 Å². The molecular formula is C22H29N5O. The molecule has 0 radical (unpaired) electrons. The lowest BCUT2D eigenvalue weighted by molar-refractivity contribution is -0.133. The first-order valence-electron chi connectivity index (χ1n) is 10.2. The third-order valence-corrected chi connectivity index (χ3v) is 5.73. The molecule has 1 aromatic heterocycles. The topological polar surface area (TPSA) is 42.9 Å². The van der Waals surface area contributed by atoms with Gasteiger partial charge in [0.25, 0.3) is 0 Å². The highest BCUT2D eigenvalue weighted by Crippen LogP contribution is 2.15. The van der Waals surface area contributed by atoms with Crippen molar-refractivity contribution >= 4 is 11.6 Å². The van der Waals surface area contributed by atoms with Gasteiger partial charge in [0.15, 0.2) is 0 Å². The van der Waals surface area contributed by atoms with E-state index in [4.69, 9.17) is 0 Å². The number of benzene rings is 1. The summed E-state index contributed by atoms with van der Waals surface area (Å²) in [5, 5.41) is 0. The number of hydrogen-bond acceptors (Lipinski definition) is 5. The lowest BCUT2D eigenvalue weighted by atomic mass is 10.2. The van der Waals surface area contributed by atoms with Gasteiger partial charge in [-0.3, -0.25) is 19.6 Å². The van der Waals surface area contributed by atoms with Gasteiger partial charge in [-0.2, -0.15) is 0 Å². The lowest BCUT2D eigenvalue weighted by Gasteiger charge is -2.38. The summed E-state index contributed by atoms with van der Waals surface area (Å²) in [4.78, 5) is 25.9. The Bertz CT molecular complexity index is 738. The van der Waals surface area contributed by atoms with E-state index in [1.54, 1.807) is 0 Å². The SMILES string of the molecule is O=C(CN1CCN(Cc2ccccc2)CC1)N1CCN(c2ccncc2)CC1. The van der Waals surface area contributed by atoms with Crippen LogP contribution in [0.2, 0.25) is 0 Å². The summed E-state index contributed by atoms with van der Waals surface area (Å²) in [5.41, 5.74) is 2.55. The van der Waals surface area contributed by atoms with Crippen molar-refractivity contribution < 1.29 is 4.79 Å². The summed E-state index contributed by atoms with van der Waals surface area (Å²) in [7, 11) is 0. The average Bonchev–Trinajstić information content (AvgIpc) is 2.76. The quantitative estimate of drug-likeness (QED) is 0.789. The summed E-state index contributed by atoms with van der Waals surface area (Å²) < 4.78 is 0. The molecule has 2 aliphatic heterocycles. The monoisotopic (exact) mass is 379 g/mol. The van der Waals surface area contributed by atoms with Crippen molar-refractivity contribution in [1.29, 1.82) is 0 Å². The Morgan fingerprint density at radius 2 is 1.43 bits per heavy atom. The summed E-state index contributed by atoms with van der Waals surface area (Å²) in [6.45, 7) is 8.92. The highest BCUT2D eigenvalue weighted by atomic mass is 16.2. The Morgan fingerprint density at radius 1 is 0.786 bits per heavy atom. The smallest absolute Gasteiger partial charge is 0.236 e. The molecule has 6 nitrogen and oxygen atoms in total. The maximum atomic E-state index is 12.7. The number of amides is 1. The van der Waals surface area contributed by atoms with Crippen molar-refractivity contribution in [2.75, 3.05) is 63.8 Å². The maximum absolute atomic E-state index is 12.7. The number of pyridine rings is 1. The first-order valence-corrected chi connectivity index (χ1v) is 10.2. The van der Waals surface area contributed by atoms with Gasteiger partial charge in [-0.25, -0.2) is 0 Å². The van der Waals surface area contributed by atoms with E-state index in [-0.39, 0.29) is 5.91 Å². The molecule has 0 atom stereocenters. The minimum atomic E-state index is 0.269. The van der Waals surface area contributed by atoms with Crippen LogP contribution >= 0.6 is 0 Å². The summed E-state index contributed by atoms with van der Waals surface area (Å²) in [6, 6.07) is 14.7. The van der Waals surface area contributed by atoms with Crippen LogP contribution < -0.4 is 4.90 Å². The molecule has 0 spiro atoms. The summed E-state index contributed by atoms with van der Waals surface area (Å²) >= 11 is 0. The van der Waals surface area contributed by atoms with E-state index in [9.17, 15) is 4.79 Å². The highest BCUT2D eigenvalue weighted by Gasteiger charge is 2.24. The second-order valence-corrected chi connectivity index (χ2v) is 7.61. The molecule has 0 aliphatic carbocycles. The van der Waals surface area contributed by atoms with Crippen molar-refractivity contribution in [3.8, 4) is 0 Å². The first-order chi connectivity index (χ1) is 13.8. The Labute approximate surface area is 167 Å². The van der Waals surface area contributed by atoms with Crippen molar-refractivity contribution in [3.63, 3.8) is 0 Å². The zero-order valence-corrected chi connectivity index (χ0v) is 16.4. The standard InChI is InChI=1S/C22H29N5O/c28-22(27-16-14-26(15-17-27)21-6-8-23-9-7-21)19-25-12-10-24(11-13-25)18-20-4-2-1-3-5-20/h1-9H,10-19H2. The molecule has 1 aromatic carbocycles. The number of carbonyl (C=O) groups excluding carboxylic acids is 1. The van der Waals surface area contributed by atoms with Gasteiger partial charge in [0.05, 0.1) is 6.54 Å². The van der Waals surface area contributed by atoms with Crippen molar-refractivity contribution in [1.82, 2.24) is 19.7 Å². The number of rotatable bonds is 5. The molecular weight excluding hydrogens is 350 g/mol. The molecule has 0 unspecified atom stereocenters. The molecule has 0 N–H and O–H groups in total. The highest BCUT2D eigenvalue weighted by molar-refractivity contribution is 5.78. The van der Waals surface area contributed by atoms with Gasteiger partial charge in [-0.05, 0) is 17.7 Å². The molecule has 6 heteroatoms. The van der Waals surface area contributed by atoms with Crippen LogP contribution in [0.4, 0.5) is 5.69 Å². The molecule has 2 aromatic rings. The van der Waals surface area contributed by atoms with Crippen LogP contribution in [-0.4, -0.2) is 84.5 Å². The van der Waals surface area contributed by atoms with E-state index < -0.39 is 0 Å². The van der Waals surface area contributed by atoms with Crippen molar-refractivity contribution in [2.24, 2.45) is 0 Å². The van der Waals surface area contributed by atoms with Gasteiger partial charge in [-0.15, -0.1) is 0 Å². The van der Waals surface area contributed by atoms with Crippen LogP contribution in [0.3, 0.4) is 0 Å². The molecule has 0 saturated carbocycles. The van der Waals surface area contributed by atoms with E-state index in [2.05, 4.69) is 50.0 Å². The molecule has 2 fully saturated rings. The average molecular weight is 380 g/mol. The second kappa shape index (κ2) is 9.17. The molecule has 2 aliphatic rings. The maximum Gasteiger partial charge on any atom is 0.236 e. The minimum absolute atomic E-state index is 0.269. The fourth-order valence-electron chi connectivity index (χ4n) is 4.01. The van der Waals surface area contributed by atoms with Gasteiger partial charge >= 0.3 is 0 Å². The molecule has 0 bridgehead atoms. The predicted molar refractivity (Wildman–Crippen MR) is 111 cm³/mol. The van der Waals surface area contributed by atoms with E-state index >= 15 is 0 Å². The van der Waals surface area contributed by atoms with Crippen molar-refractivity contribution in [2.45, 2.75) is 6.54 Å². The molecule has 148 valence electrons.